The van der Waals surface area contributed by atoms with Crippen LogP contribution in [-0.4, -0.2) is 22.8 Å². The van der Waals surface area contributed by atoms with Crippen LogP contribution < -0.4 is 0 Å². The normalized spacial score (nSPS) is 10.4. The molecule has 1 heterocycles. The third-order valence-electron chi connectivity index (χ3n) is 2.04. The number of hydrogen-bond acceptors (Lipinski definition) is 5. The van der Waals surface area contributed by atoms with Gasteiger partial charge in [0.1, 0.15) is 5.82 Å². The highest BCUT2D eigenvalue weighted by atomic mass is 79.9. The van der Waals surface area contributed by atoms with Gasteiger partial charge in [-0.05, 0) is 25.1 Å². The Kier molecular flexibility index (Phi) is 3.71. The first-order valence-corrected chi connectivity index (χ1v) is 5.87. The van der Waals surface area contributed by atoms with E-state index < -0.39 is 11.8 Å². The molecule has 0 saturated carbocycles. The maximum atomic E-state index is 13.6. The number of halogens is 2. The lowest BCUT2D eigenvalue weighted by Crippen LogP contribution is -2.04. The number of esters is 1. The first-order chi connectivity index (χ1) is 8.61. The van der Waals surface area contributed by atoms with Gasteiger partial charge in [0.15, 0.2) is 0 Å². The average molecular weight is 315 g/mol. The van der Waals surface area contributed by atoms with E-state index in [1.807, 2.05) is 0 Å². The van der Waals surface area contributed by atoms with Crippen molar-refractivity contribution in [2.45, 2.75) is 6.92 Å². The van der Waals surface area contributed by atoms with Gasteiger partial charge in [0, 0.05) is 4.47 Å². The van der Waals surface area contributed by atoms with Gasteiger partial charge in [-0.15, -0.1) is 10.2 Å². The van der Waals surface area contributed by atoms with Crippen LogP contribution in [0.15, 0.2) is 27.1 Å². The number of carbonyl (C=O) groups excluding carboxylic acids is 1. The Labute approximate surface area is 110 Å². The fourth-order valence-corrected chi connectivity index (χ4v) is 1.60. The molecule has 0 N–H and O–H groups in total. The molecule has 0 spiro atoms. The lowest BCUT2D eigenvalue weighted by atomic mass is 10.2. The van der Waals surface area contributed by atoms with Crippen LogP contribution in [0.2, 0.25) is 0 Å². The van der Waals surface area contributed by atoms with Crippen molar-refractivity contribution in [3.05, 3.63) is 34.4 Å². The zero-order valence-electron chi connectivity index (χ0n) is 9.31. The minimum absolute atomic E-state index is 0.0666. The van der Waals surface area contributed by atoms with E-state index in [9.17, 15) is 9.18 Å². The molecule has 0 aliphatic heterocycles. The maximum Gasteiger partial charge on any atom is 0.396 e. The Hall–Kier alpha value is -1.76. The van der Waals surface area contributed by atoms with Crippen LogP contribution in [0.5, 0.6) is 0 Å². The number of carbonyl (C=O) groups is 1. The summed E-state index contributed by atoms with van der Waals surface area (Å²) in [6, 6.07) is 4.37. The molecule has 0 aliphatic rings. The molecule has 2 rings (SSSR count). The summed E-state index contributed by atoms with van der Waals surface area (Å²) in [5.74, 6) is -1.62. The number of aromatic nitrogens is 2. The minimum atomic E-state index is -0.728. The number of benzene rings is 1. The Balaban J connectivity index is 2.32. The van der Waals surface area contributed by atoms with Crippen LogP contribution in [0.1, 0.15) is 17.6 Å². The smallest absolute Gasteiger partial charge is 0.396 e. The van der Waals surface area contributed by atoms with Crippen molar-refractivity contribution in [3.8, 4) is 11.5 Å². The fraction of sp³-hybridized carbons (Fsp3) is 0.182. The van der Waals surface area contributed by atoms with Crippen molar-refractivity contribution in [2.24, 2.45) is 0 Å². The molecule has 0 radical (unpaired) electrons. The molecule has 0 bridgehead atoms. The maximum absolute atomic E-state index is 13.6. The Bertz CT molecular complexity index is 585. The molecule has 2 aromatic rings. The second-order valence-electron chi connectivity index (χ2n) is 3.26. The van der Waals surface area contributed by atoms with Gasteiger partial charge in [-0.1, -0.05) is 15.9 Å². The van der Waals surface area contributed by atoms with E-state index in [1.165, 1.54) is 12.1 Å². The third kappa shape index (κ3) is 2.56. The summed E-state index contributed by atoms with van der Waals surface area (Å²) in [6.45, 7) is 1.85. The van der Waals surface area contributed by atoms with Crippen LogP contribution in [-0.2, 0) is 4.74 Å². The van der Waals surface area contributed by atoms with Gasteiger partial charge in [0.25, 0.3) is 5.89 Å². The second kappa shape index (κ2) is 5.26. The number of rotatable bonds is 3. The van der Waals surface area contributed by atoms with Crippen molar-refractivity contribution >= 4 is 21.9 Å². The topological polar surface area (TPSA) is 65.2 Å². The average Bonchev–Trinajstić information content (AvgIpc) is 2.78. The SMILES string of the molecule is CCOC(=O)c1nnc(-c2ccc(Br)cc2F)o1. The van der Waals surface area contributed by atoms with Gasteiger partial charge in [0.05, 0.1) is 12.2 Å². The van der Waals surface area contributed by atoms with Crippen LogP contribution in [0.25, 0.3) is 11.5 Å². The zero-order valence-corrected chi connectivity index (χ0v) is 10.9. The molecule has 1 aromatic carbocycles. The minimum Gasteiger partial charge on any atom is -0.459 e. The molecular formula is C11H8BrFN2O3. The van der Waals surface area contributed by atoms with E-state index in [2.05, 4.69) is 26.1 Å². The van der Waals surface area contributed by atoms with Gasteiger partial charge in [0.2, 0.25) is 0 Å². The van der Waals surface area contributed by atoms with E-state index in [-0.39, 0.29) is 24.0 Å². The van der Waals surface area contributed by atoms with Crippen molar-refractivity contribution in [3.63, 3.8) is 0 Å². The monoisotopic (exact) mass is 314 g/mol. The van der Waals surface area contributed by atoms with Gasteiger partial charge in [-0.25, -0.2) is 9.18 Å². The van der Waals surface area contributed by atoms with Gasteiger partial charge in [-0.3, -0.25) is 0 Å². The summed E-state index contributed by atoms with van der Waals surface area (Å²) >= 11 is 3.14. The van der Waals surface area contributed by atoms with Crippen LogP contribution >= 0.6 is 15.9 Å². The molecule has 1 aromatic heterocycles. The van der Waals surface area contributed by atoms with Gasteiger partial charge in [-0.2, -0.15) is 0 Å². The summed E-state index contributed by atoms with van der Waals surface area (Å²) in [5, 5.41) is 7.11. The summed E-state index contributed by atoms with van der Waals surface area (Å²) < 4.78 is 24.0. The summed E-state index contributed by atoms with van der Waals surface area (Å²) in [7, 11) is 0. The predicted octanol–water partition coefficient (Wildman–Crippen LogP) is 2.81. The predicted molar refractivity (Wildman–Crippen MR) is 63.3 cm³/mol. The zero-order chi connectivity index (χ0) is 13.1. The number of nitrogens with zero attached hydrogens (tertiary/aromatic N) is 2. The molecule has 94 valence electrons. The van der Waals surface area contributed by atoms with Crippen molar-refractivity contribution in [1.82, 2.24) is 10.2 Å². The highest BCUT2D eigenvalue weighted by Crippen LogP contribution is 2.24. The third-order valence-corrected chi connectivity index (χ3v) is 2.53. The summed E-state index contributed by atoms with van der Waals surface area (Å²) in [6.07, 6.45) is 0. The molecule has 0 saturated heterocycles. The Morgan fingerprint density at radius 1 is 1.50 bits per heavy atom. The van der Waals surface area contributed by atoms with E-state index in [0.717, 1.165) is 0 Å². The van der Waals surface area contributed by atoms with Gasteiger partial charge >= 0.3 is 11.9 Å². The molecule has 0 atom stereocenters. The van der Waals surface area contributed by atoms with E-state index in [1.54, 1.807) is 13.0 Å². The lowest BCUT2D eigenvalue weighted by Gasteiger charge is -1.98. The largest absolute Gasteiger partial charge is 0.459 e. The van der Waals surface area contributed by atoms with E-state index in [4.69, 9.17) is 9.15 Å². The second-order valence-corrected chi connectivity index (χ2v) is 4.17. The number of hydrogen-bond donors (Lipinski definition) is 0. The molecule has 5 nitrogen and oxygen atoms in total. The van der Waals surface area contributed by atoms with E-state index in [0.29, 0.717) is 4.47 Å². The first kappa shape index (κ1) is 12.7. The molecule has 0 amide bonds. The van der Waals surface area contributed by atoms with Crippen LogP contribution in [0.3, 0.4) is 0 Å². The molecule has 0 fully saturated rings. The standard InChI is InChI=1S/C11H8BrFN2O3/c1-2-17-11(16)10-15-14-9(18-10)7-4-3-6(12)5-8(7)13/h3-5H,2H2,1H3. The molecule has 0 aliphatic carbocycles. The lowest BCUT2D eigenvalue weighted by molar-refractivity contribution is 0.0481. The summed E-state index contributed by atoms with van der Waals surface area (Å²) in [4.78, 5) is 11.3. The summed E-state index contributed by atoms with van der Waals surface area (Å²) in [5.41, 5.74) is 0.126. The molecule has 0 unspecified atom stereocenters. The van der Waals surface area contributed by atoms with Crippen molar-refractivity contribution < 1.29 is 18.3 Å². The quantitative estimate of drug-likeness (QED) is 0.815. The highest BCUT2D eigenvalue weighted by Gasteiger charge is 2.18. The number of ether oxygens (including phenoxy) is 1. The highest BCUT2D eigenvalue weighted by molar-refractivity contribution is 9.10. The molecular weight excluding hydrogens is 307 g/mol. The van der Waals surface area contributed by atoms with Gasteiger partial charge < -0.3 is 9.15 Å². The Morgan fingerprint density at radius 2 is 2.28 bits per heavy atom. The fourth-order valence-electron chi connectivity index (χ4n) is 1.27. The Morgan fingerprint density at radius 3 is 2.94 bits per heavy atom. The van der Waals surface area contributed by atoms with Crippen LogP contribution in [0.4, 0.5) is 4.39 Å². The van der Waals surface area contributed by atoms with Crippen molar-refractivity contribution in [1.29, 1.82) is 0 Å². The molecule has 18 heavy (non-hydrogen) atoms. The van der Waals surface area contributed by atoms with E-state index >= 15 is 0 Å². The first-order valence-electron chi connectivity index (χ1n) is 5.08. The van der Waals surface area contributed by atoms with Crippen molar-refractivity contribution in [2.75, 3.05) is 6.61 Å². The van der Waals surface area contributed by atoms with Crippen LogP contribution in [0, 0.1) is 5.82 Å². The molecule has 7 heteroatoms.